The van der Waals surface area contributed by atoms with Crippen LogP contribution in [0.3, 0.4) is 0 Å². The molecule has 0 saturated heterocycles. The number of hydrogen-bond acceptors (Lipinski definition) is 6. The van der Waals surface area contributed by atoms with Gasteiger partial charge < -0.3 is 14.2 Å². The van der Waals surface area contributed by atoms with E-state index in [2.05, 4.69) is 30.1 Å². The van der Waals surface area contributed by atoms with E-state index >= 15 is 0 Å². The number of rotatable bonds is 16. The second kappa shape index (κ2) is 15.7. The zero-order valence-electron chi connectivity index (χ0n) is 13.8. The summed E-state index contributed by atoms with van der Waals surface area (Å²) in [7, 11) is 0. The Bertz CT molecular complexity index is 404. The minimum absolute atomic E-state index is 0.256. The monoisotopic (exact) mass is 341 g/mol. The van der Waals surface area contributed by atoms with Gasteiger partial charge in [0.15, 0.2) is 0 Å². The Balaban J connectivity index is 4.44. The first kappa shape index (κ1) is 21.8. The average Bonchev–Trinajstić information content (AvgIpc) is 2.60. The minimum atomic E-state index is -0.386. The highest BCUT2D eigenvalue weighted by Crippen LogP contribution is 2.24. The normalized spacial score (nSPS) is 12.4. The molecule has 0 aromatic carbocycles. The summed E-state index contributed by atoms with van der Waals surface area (Å²) in [6, 6.07) is 0. The quantitative estimate of drug-likeness (QED) is 0.181. The Hall–Kier alpha value is -2.19. The Labute approximate surface area is 139 Å². The standard InChI is InChI=1S/C12H23N9O3/c1-2-12(9-22-6-3-16-19-13,10-23-7-4-17-20-14)11-24-8-5-18-21-15/h2-11H2,1H3. The van der Waals surface area contributed by atoms with Gasteiger partial charge in [-0.3, -0.25) is 0 Å². The van der Waals surface area contributed by atoms with Crippen molar-refractivity contribution in [3.05, 3.63) is 31.3 Å². The maximum atomic E-state index is 8.24. The number of hydrogen-bond donors (Lipinski definition) is 0. The van der Waals surface area contributed by atoms with Crippen LogP contribution in [0.5, 0.6) is 0 Å². The van der Waals surface area contributed by atoms with Crippen molar-refractivity contribution in [2.45, 2.75) is 13.3 Å². The summed E-state index contributed by atoms with van der Waals surface area (Å²) in [5, 5.41) is 10.2. The molecule has 0 aromatic heterocycles. The lowest BCUT2D eigenvalue weighted by atomic mass is 9.88. The highest BCUT2D eigenvalue weighted by atomic mass is 16.5. The highest BCUT2D eigenvalue weighted by Gasteiger charge is 2.29. The first-order valence-corrected chi connectivity index (χ1v) is 7.50. The van der Waals surface area contributed by atoms with Crippen molar-refractivity contribution in [1.29, 1.82) is 0 Å². The van der Waals surface area contributed by atoms with E-state index in [1.54, 1.807) is 0 Å². The highest BCUT2D eigenvalue weighted by molar-refractivity contribution is 4.78. The van der Waals surface area contributed by atoms with Gasteiger partial charge in [0, 0.05) is 39.8 Å². The van der Waals surface area contributed by atoms with Crippen molar-refractivity contribution in [2.75, 3.05) is 59.3 Å². The van der Waals surface area contributed by atoms with Gasteiger partial charge in [-0.05, 0) is 23.0 Å². The van der Waals surface area contributed by atoms with Crippen LogP contribution >= 0.6 is 0 Å². The predicted octanol–water partition coefficient (Wildman–Crippen LogP) is 3.36. The lowest BCUT2D eigenvalue weighted by Crippen LogP contribution is -2.37. The maximum Gasteiger partial charge on any atom is 0.0566 e. The van der Waals surface area contributed by atoms with Gasteiger partial charge in [-0.25, -0.2) is 0 Å². The Morgan fingerprint density at radius 3 is 1.29 bits per heavy atom. The van der Waals surface area contributed by atoms with Crippen molar-refractivity contribution >= 4 is 0 Å². The number of ether oxygens (including phenoxy) is 3. The largest absolute Gasteiger partial charge is 0.381 e. The zero-order valence-corrected chi connectivity index (χ0v) is 13.8. The van der Waals surface area contributed by atoms with E-state index in [4.69, 9.17) is 30.8 Å². The molecule has 0 radical (unpaired) electrons. The third-order valence-electron chi connectivity index (χ3n) is 3.17. The van der Waals surface area contributed by atoms with Crippen LogP contribution in [-0.4, -0.2) is 59.3 Å². The summed E-state index contributed by atoms with van der Waals surface area (Å²) in [6.07, 6.45) is 0.734. The lowest BCUT2D eigenvalue weighted by molar-refractivity contribution is -0.0681. The van der Waals surface area contributed by atoms with E-state index in [0.29, 0.717) is 39.6 Å². The van der Waals surface area contributed by atoms with Gasteiger partial charge in [0.25, 0.3) is 0 Å². The van der Waals surface area contributed by atoms with Gasteiger partial charge in [0.1, 0.15) is 0 Å². The van der Waals surface area contributed by atoms with Crippen LogP contribution in [0.1, 0.15) is 13.3 Å². The Morgan fingerprint density at radius 2 is 1.04 bits per heavy atom. The van der Waals surface area contributed by atoms with Crippen LogP contribution in [0.15, 0.2) is 15.3 Å². The van der Waals surface area contributed by atoms with Gasteiger partial charge in [-0.1, -0.05) is 22.3 Å². The fourth-order valence-corrected chi connectivity index (χ4v) is 1.75. The van der Waals surface area contributed by atoms with Crippen molar-refractivity contribution in [2.24, 2.45) is 20.8 Å². The number of azide groups is 3. The molecule has 0 aliphatic carbocycles. The average molecular weight is 341 g/mol. The van der Waals surface area contributed by atoms with E-state index in [0.717, 1.165) is 6.42 Å². The van der Waals surface area contributed by atoms with Crippen molar-refractivity contribution in [3.63, 3.8) is 0 Å². The maximum absolute atomic E-state index is 8.24. The smallest absolute Gasteiger partial charge is 0.0566 e. The Kier molecular flexibility index (Phi) is 14.3. The molecule has 0 bridgehead atoms. The summed E-state index contributed by atoms with van der Waals surface area (Å²) < 4.78 is 16.7. The van der Waals surface area contributed by atoms with Crippen LogP contribution in [0.2, 0.25) is 0 Å². The molecule has 0 aliphatic heterocycles. The second-order valence-electron chi connectivity index (χ2n) is 4.87. The second-order valence-corrected chi connectivity index (χ2v) is 4.87. The van der Waals surface area contributed by atoms with E-state index in [9.17, 15) is 0 Å². The van der Waals surface area contributed by atoms with Crippen LogP contribution in [0.4, 0.5) is 0 Å². The molecule has 0 rings (SSSR count). The molecule has 0 spiro atoms. The minimum Gasteiger partial charge on any atom is -0.381 e. The van der Waals surface area contributed by atoms with Crippen molar-refractivity contribution in [3.8, 4) is 0 Å². The molecule has 134 valence electrons. The van der Waals surface area contributed by atoms with E-state index < -0.39 is 0 Å². The Morgan fingerprint density at radius 1 is 0.708 bits per heavy atom. The van der Waals surface area contributed by atoms with Crippen molar-refractivity contribution in [1.82, 2.24) is 0 Å². The number of nitrogens with zero attached hydrogens (tertiary/aromatic N) is 9. The van der Waals surface area contributed by atoms with Gasteiger partial charge in [0.2, 0.25) is 0 Å². The molecule has 0 fully saturated rings. The molecule has 12 heteroatoms. The summed E-state index contributed by atoms with van der Waals surface area (Å²) in [6.45, 7) is 4.79. The molecule has 0 unspecified atom stereocenters. The lowest BCUT2D eigenvalue weighted by Gasteiger charge is -2.32. The molecule has 0 N–H and O–H groups in total. The van der Waals surface area contributed by atoms with Crippen LogP contribution in [0, 0.1) is 5.41 Å². The summed E-state index contributed by atoms with van der Waals surface area (Å²) in [4.78, 5) is 7.99. The molecular formula is C12H23N9O3. The summed E-state index contributed by atoms with van der Waals surface area (Å²) in [5.74, 6) is 0. The molecule has 0 heterocycles. The van der Waals surface area contributed by atoms with Gasteiger partial charge in [-0.15, -0.1) is 0 Å². The van der Waals surface area contributed by atoms with E-state index in [1.165, 1.54) is 0 Å². The first-order valence-electron chi connectivity index (χ1n) is 7.50. The van der Waals surface area contributed by atoms with Crippen LogP contribution < -0.4 is 0 Å². The van der Waals surface area contributed by atoms with E-state index in [-0.39, 0.29) is 25.0 Å². The molecule has 12 nitrogen and oxygen atoms in total. The molecule has 0 saturated carbocycles. The van der Waals surface area contributed by atoms with Gasteiger partial charge >= 0.3 is 0 Å². The molecule has 24 heavy (non-hydrogen) atoms. The fourth-order valence-electron chi connectivity index (χ4n) is 1.75. The molecule has 0 aliphatic rings. The van der Waals surface area contributed by atoms with E-state index in [1.807, 2.05) is 6.92 Å². The summed E-state index contributed by atoms with van der Waals surface area (Å²) in [5.41, 5.74) is 24.3. The van der Waals surface area contributed by atoms with Crippen LogP contribution in [0.25, 0.3) is 31.3 Å². The molecular weight excluding hydrogens is 318 g/mol. The first-order chi connectivity index (χ1) is 11.7. The third-order valence-corrected chi connectivity index (χ3v) is 3.17. The third kappa shape index (κ3) is 11.4. The zero-order chi connectivity index (χ0) is 17.9. The molecule has 0 amide bonds. The van der Waals surface area contributed by atoms with Gasteiger partial charge in [-0.2, -0.15) is 0 Å². The SMILES string of the molecule is CCC(COCCN=[N+]=[N-])(COCCN=[N+]=[N-])COCCN=[N+]=[N-]. The molecule has 0 aromatic rings. The van der Waals surface area contributed by atoms with Gasteiger partial charge in [0.05, 0.1) is 39.6 Å². The fraction of sp³-hybridized carbons (Fsp3) is 1.00. The van der Waals surface area contributed by atoms with Crippen LogP contribution in [-0.2, 0) is 14.2 Å². The summed E-state index contributed by atoms with van der Waals surface area (Å²) >= 11 is 0. The predicted molar refractivity (Wildman–Crippen MR) is 87.2 cm³/mol. The topological polar surface area (TPSA) is 174 Å². The molecule has 0 atom stereocenters. The van der Waals surface area contributed by atoms with Crippen molar-refractivity contribution < 1.29 is 14.2 Å².